The second-order valence-corrected chi connectivity index (χ2v) is 8.62. The number of halogens is 4. The minimum atomic E-state index is -4.51. The fourth-order valence-electron chi connectivity index (χ4n) is 3.72. The molecule has 1 fully saturated rings. The first-order chi connectivity index (χ1) is 15.6. The van der Waals surface area contributed by atoms with Gasteiger partial charge in [-0.05, 0) is 23.6 Å². The van der Waals surface area contributed by atoms with E-state index < -0.39 is 29.1 Å². The summed E-state index contributed by atoms with van der Waals surface area (Å²) in [4.78, 5) is 32.8. The third-order valence-electron chi connectivity index (χ3n) is 5.54. The van der Waals surface area contributed by atoms with Gasteiger partial charge >= 0.3 is 6.18 Å². The van der Waals surface area contributed by atoms with Crippen molar-refractivity contribution in [1.29, 1.82) is 0 Å². The molecule has 1 saturated heterocycles. The van der Waals surface area contributed by atoms with E-state index in [4.69, 9.17) is 11.6 Å². The van der Waals surface area contributed by atoms with Crippen molar-refractivity contribution >= 4 is 29.2 Å². The van der Waals surface area contributed by atoms with Crippen LogP contribution in [-0.4, -0.2) is 53.9 Å². The summed E-state index contributed by atoms with van der Waals surface area (Å²) in [6.07, 6.45) is -3.19. The van der Waals surface area contributed by atoms with Crippen LogP contribution in [0.25, 0.3) is 0 Å². The maximum Gasteiger partial charge on any atom is 0.419 e. The zero-order valence-electron chi connectivity index (χ0n) is 18.3. The van der Waals surface area contributed by atoms with Gasteiger partial charge < -0.3 is 15.1 Å². The maximum absolute atomic E-state index is 13.3. The van der Waals surface area contributed by atoms with Gasteiger partial charge in [-0.3, -0.25) is 9.59 Å². The lowest BCUT2D eigenvalue weighted by atomic mass is 10.0. The van der Waals surface area contributed by atoms with Crippen molar-refractivity contribution in [3.8, 4) is 0 Å². The molecule has 2 unspecified atom stereocenters. The van der Waals surface area contributed by atoms with Crippen LogP contribution in [0.5, 0.6) is 0 Å². The first-order valence-corrected chi connectivity index (χ1v) is 11.1. The van der Waals surface area contributed by atoms with Gasteiger partial charge in [0, 0.05) is 32.4 Å². The predicted molar refractivity (Wildman–Crippen MR) is 120 cm³/mol. The van der Waals surface area contributed by atoms with Gasteiger partial charge in [0.1, 0.15) is 17.2 Å². The van der Waals surface area contributed by atoms with Gasteiger partial charge in [0.05, 0.1) is 5.56 Å². The topological polar surface area (TPSA) is 65.5 Å². The standard InChI is InChI=1S/C23H26ClF3N4O2/c1-15(2)19(29-21(32)18(24)16-7-4-3-5-8-16)22(33)31-13-11-30(12-14-31)20-17(23(25,26)27)9-6-10-28-20/h3-10,15,18-19H,11-14H2,1-2H3,(H,29,32). The molecule has 1 aliphatic rings. The molecule has 0 bridgehead atoms. The molecule has 178 valence electrons. The highest BCUT2D eigenvalue weighted by Gasteiger charge is 2.37. The quantitative estimate of drug-likeness (QED) is 0.635. The molecule has 10 heteroatoms. The Morgan fingerprint density at radius 2 is 1.67 bits per heavy atom. The van der Waals surface area contributed by atoms with E-state index in [1.54, 1.807) is 29.2 Å². The molecule has 1 N–H and O–H groups in total. The molecular formula is C23H26ClF3N4O2. The Balaban J connectivity index is 1.65. The third kappa shape index (κ3) is 5.96. The summed E-state index contributed by atoms with van der Waals surface area (Å²) in [7, 11) is 0. The molecular weight excluding hydrogens is 457 g/mol. The van der Waals surface area contributed by atoms with E-state index in [9.17, 15) is 22.8 Å². The fourth-order valence-corrected chi connectivity index (χ4v) is 3.93. The molecule has 0 saturated carbocycles. The van der Waals surface area contributed by atoms with Gasteiger partial charge in [0.15, 0.2) is 0 Å². The molecule has 1 aromatic heterocycles. The van der Waals surface area contributed by atoms with Gasteiger partial charge in [0.2, 0.25) is 11.8 Å². The highest BCUT2D eigenvalue weighted by Crippen LogP contribution is 2.35. The first kappa shape index (κ1) is 24.8. The van der Waals surface area contributed by atoms with Crippen LogP contribution in [-0.2, 0) is 15.8 Å². The van der Waals surface area contributed by atoms with E-state index in [0.29, 0.717) is 5.56 Å². The summed E-state index contributed by atoms with van der Waals surface area (Å²) in [6, 6.07) is 10.3. The number of nitrogens with one attached hydrogen (secondary N) is 1. The number of carbonyl (C=O) groups excluding carboxylic acids is 2. The molecule has 2 aromatic rings. The number of piperazine rings is 1. The summed E-state index contributed by atoms with van der Waals surface area (Å²) in [5.74, 6) is -1.10. The van der Waals surface area contributed by atoms with Gasteiger partial charge in [-0.15, -0.1) is 11.6 Å². The van der Waals surface area contributed by atoms with Gasteiger partial charge in [0.25, 0.3) is 0 Å². The van der Waals surface area contributed by atoms with E-state index in [0.717, 1.165) is 6.07 Å². The zero-order chi connectivity index (χ0) is 24.2. The summed E-state index contributed by atoms with van der Waals surface area (Å²) in [5.41, 5.74) is -0.178. The normalized spacial score (nSPS) is 16.5. The molecule has 0 spiro atoms. The summed E-state index contributed by atoms with van der Waals surface area (Å²) >= 11 is 6.29. The van der Waals surface area contributed by atoms with Crippen molar-refractivity contribution in [2.45, 2.75) is 31.4 Å². The average molecular weight is 483 g/mol. The van der Waals surface area contributed by atoms with Crippen molar-refractivity contribution in [3.05, 3.63) is 59.8 Å². The van der Waals surface area contributed by atoms with Gasteiger partial charge in [-0.2, -0.15) is 13.2 Å². The number of amides is 2. The first-order valence-electron chi connectivity index (χ1n) is 10.6. The third-order valence-corrected chi connectivity index (χ3v) is 5.99. The molecule has 1 aromatic carbocycles. The van der Waals surface area contributed by atoms with Crippen LogP contribution in [0.1, 0.15) is 30.4 Å². The summed E-state index contributed by atoms with van der Waals surface area (Å²) in [5, 5.41) is 1.80. The number of hydrogen-bond acceptors (Lipinski definition) is 4. The van der Waals surface area contributed by atoms with Crippen LogP contribution < -0.4 is 10.2 Å². The van der Waals surface area contributed by atoms with Gasteiger partial charge in [-0.1, -0.05) is 44.2 Å². The molecule has 2 atom stereocenters. The molecule has 33 heavy (non-hydrogen) atoms. The monoisotopic (exact) mass is 482 g/mol. The van der Waals surface area contributed by atoms with Crippen LogP contribution in [0.15, 0.2) is 48.7 Å². The molecule has 2 amide bonds. The lowest BCUT2D eigenvalue weighted by Crippen LogP contribution is -2.57. The van der Waals surface area contributed by atoms with Crippen molar-refractivity contribution < 1.29 is 22.8 Å². The van der Waals surface area contributed by atoms with E-state index in [1.807, 2.05) is 19.9 Å². The van der Waals surface area contributed by atoms with Crippen LogP contribution in [0.3, 0.4) is 0 Å². The molecule has 2 heterocycles. The van der Waals surface area contributed by atoms with Crippen molar-refractivity contribution in [2.24, 2.45) is 5.92 Å². The Morgan fingerprint density at radius 3 is 2.24 bits per heavy atom. The van der Waals surface area contributed by atoms with Crippen LogP contribution >= 0.6 is 11.6 Å². The molecule has 3 rings (SSSR count). The number of aromatic nitrogens is 1. The number of pyridine rings is 1. The minimum absolute atomic E-state index is 0.140. The van der Waals surface area contributed by atoms with Crippen LogP contribution in [0.2, 0.25) is 0 Å². The summed E-state index contributed by atoms with van der Waals surface area (Å²) in [6.45, 7) is 4.46. The van der Waals surface area contributed by atoms with E-state index in [-0.39, 0.29) is 43.8 Å². The molecule has 1 aliphatic heterocycles. The molecule has 6 nitrogen and oxygen atoms in total. The van der Waals surface area contributed by atoms with Crippen molar-refractivity contribution in [2.75, 3.05) is 31.1 Å². The zero-order valence-corrected chi connectivity index (χ0v) is 19.1. The van der Waals surface area contributed by atoms with E-state index in [2.05, 4.69) is 10.3 Å². The second-order valence-electron chi connectivity index (χ2n) is 8.19. The number of benzene rings is 1. The number of nitrogens with zero attached hydrogens (tertiary/aromatic N) is 3. The van der Waals surface area contributed by atoms with Crippen molar-refractivity contribution in [3.63, 3.8) is 0 Å². The van der Waals surface area contributed by atoms with Crippen LogP contribution in [0, 0.1) is 5.92 Å². The average Bonchev–Trinajstić information content (AvgIpc) is 2.81. The Morgan fingerprint density at radius 1 is 1.03 bits per heavy atom. The molecule has 0 aliphatic carbocycles. The minimum Gasteiger partial charge on any atom is -0.353 e. The van der Waals surface area contributed by atoms with Crippen LogP contribution in [0.4, 0.5) is 19.0 Å². The second kappa shape index (κ2) is 10.4. The fraction of sp³-hybridized carbons (Fsp3) is 0.435. The Labute approximate surface area is 195 Å². The Bertz CT molecular complexity index is 964. The maximum atomic E-state index is 13.3. The highest BCUT2D eigenvalue weighted by molar-refractivity contribution is 6.30. The predicted octanol–water partition coefficient (Wildman–Crippen LogP) is 3.87. The van der Waals surface area contributed by atoms with Crippen molar-refractivity contribution in [1.82, 2.24) is 15.2 Å². The number of carbonyl (C=O) groups is 2. The van der Waals surface area contributed by atoms with E-state index in [1.165, 1.54) is 17.2 Å². The molecule has 0 radical (unpaired) electrons. The number of rotatable bonds is 6. The number of hydrogen-bond donors (Lipinski definition) is 1. The summed E-state index contributed by atoms with van der Waals surface area (Å²) < 4.78 is 40.0. The Kier molecular flexibility index (Phi) is 7.84. The number of anilines is 1. The lowest BCUT2D eigenvalue weighted by Gasteiger charge is -2.38. The highest BCUT2D eigenvalue weighted by atomic mass is 35.5. The SMILES string of the molecule is CC(C)C(NC(=O)C(Cl)c1ccccc1)C(=O)N1CCN(c2ncccc2C(F)(F)F)CC1. The smallest absolute Gasteiger partial charge is 0.353 e. The van der Waals surface area contributed by atoms with Gasteiger partial charge in [-0.25, -0.2) is 4.98 Å². The number of alkyl halides is 4. The largest absolute Gasteiger partial charge is 0.419 e. The lowest BCUT2D eigenvalue weighted by molar-refractivity contribution is -0.138. The Hall–Kier alpha value is -2.81. The van der Waals surface area contributed by atoms with E-state index >= 15 is 0 Å².